The number of nitrogens with zero attached hydrogens (tertiary/aromatic N) is 2. The van der Waals surface area contributed by atoms with Gasteiger partial charge in [-0.15, -0.1) is 0 Å². The van der Waals surface area contributed by atoms with Crippen LogP contribution in [0.3, 0.4) is 0 Å². The second-order valence-corrected chi connectivity index (χ2v) is 3.95. The molecular weight excluding hydrogens is 214 g/mol. The van der Waals surface area contributed by atoms with Crippen molar-refractivity contribution < 1.29 is 4.79 Å². The van der Waals surface area contributed by atoms with Crippen LogP contribution in [0.1, 0.15) is 25.3 Å². The predicted octanol–water partition coefficient (Wildman–Crippen LogP) is 1.65. The Morgan fingerprint density at radius 2 is 2.06 bits per heavy atom. The van der Waals surface area contributed by atoms with E-state index in [0.29, 0.717) is 12.0 Å². The van der Waals surface area contributed by atoms with Gasteiger partial charge < -0.3 is 10.6 Å². The number of carbonyl (C=O) groups is 1. The van der Waals surface area contributed by atoms with Gasteiger partial charge in [0.15, 0.2) is 0 Å². The first-order chi connectivity index (χ1) is 8.10. The van der Waals surface area contributed by atoms with E-state index in [0.717, 1.165) is 12.1 Å². The molecule has 1 atom stereocenters. The number of benzene rings is 1. The number of hydrogen-bond acceptors (Lipinski definition) is 3. The number of carbonyl (C=O) groups excluding carboxylic acids is 1. The van der Waals surface area contributed by atoms with Crippen molar-refractivity contribution >= 4 is 11.6 Å². The summed E-state index contributed by atoms with van der Waals surface area (Å²) in [7, 11) is 1.69. The zero-order chi connectivity index (χ0) is 12.8. The van der Waals surface area contributed by atoms with Gasteiger partial charge in [-0.1, -0.05) is 13.3 Å². The SMILES string of the molecule is CCCC(N)C(=O)N(C)c1ccc(C#N)cc1. The molecule has 0 saturated carbocycles. The second-order valence-electron chi connectivity index (χ2n) is 3.95. The maximum atomic E-state index is 11.9. The Morgan fingerprint density at radius 1 is 1.47 bits per heavy atom. The lowest BCUT2D eigenvalue weighted by Gasteiger charge is -2.21. The minimum atomic E-state index is -0.458. The molecule has 2 N–H and O–H groups in total. The van der Waals surface area contributed by atoms with Gasteiger partial charge in [-0.25, -0.2) is 0 Å². The Balaban J connectivity index is 2.78. The van der Waals surface area contributed by atoms with E-state index >= 15 is 0 Å². The zero-order valence-electron chi connectivity index (χ0n) is 10.2. The molecule has 0 heterocycles. The minimum absolute atomic E-state index is 0.100. The van der Waals surface area contributed by atoms with Gasteiger partial charge >= 0.3 is 0 Å². The van der Waals surface area contributed by atoms with Crippen molar-refractivity contribution in [1.82, 2.24) is 0 Å². The van der Waals surface area contributed by atoms with Crippen LogP contribution in [0.15, 0.2) is 24.3 Å². The first-order valence-corrected chi connectivity index (χ1v) is 5.63. The summed E-state index contributed by atoms with van der Waals surface area (Å²) in [4.78, 5) is 13.5. The summed E-state index contributed by atoms with van der Waals surface area (Å²) < 4.78 is 0. The van der Waals surface area contributed by atoms with Crippen molar-refractivity contribution in [3.8, 4) is 6.07 Å². The van der Waals surface area contributed by atoms with Crippen molar-refractivity contribution in [2.45, 2.75) is 25.8 Å². The molecule has 0 fully saturated rings. The predicted molar refractivity (Wildman–Crippen MR) is 67.5 cm³/mol. The Labute approximate surface area is 102 Å². The van der Waals surface area contributed by atoms with Crippen molar-refractivity contribution in [2.24, 2.45) is 5.73 Å². The number of likely N-dealkylation sites (N-methyl/N-ethyl adjacent to an activating group) is 1. The highest BCUT2D eigenvalue weighted by Gasteiger charge is 2.18. The summed E-state index contributed by atoms with van der Waals surface area (Å²) in [6.07, 6.45) is 1.56. The molecule has 1 unspecified atom stereocenters. The molecule has 1 rings (SSSR count). The van der Waals surface area contributed by atoms with Crippen LogP contribution in [0.4, 0.5) is 5.69 Å². The number of anilines is 1. The molecule has 0 spiro atoms. The van der Waals surface area contributed by atoms with Crippen LogP contribution in [0, 0.1) is 11.3 Å². The lowest BCUT2D eigenvalue weighted by molar-refractivity contribution is -0.119. The number of rotatable bonds is 4. The van der Waals surface area contributed by atoms with Crippen LogP contribution in [0.25, 0.3) is 0 Å². The van der Waals surface area contributed by atoms with Crippen LogP contribution in [0.5, 0.6) is 0 Å². The van der Waals surface area contributed by atoms with E-state index in [1.807, 2.05) is 13.0 Å². The van der Waals surface area contributed by atoms with E-state index in [1.54, 1.807) is 31.3 Å². The lowest BCUT2D eigenvalue weighted by Crippen LogP contribution is -2.41. The molecular formula is C13H17N3O. The summed E-state index contributed by atoms with van der Waals surface area (Å²) in [5.74, 6) is -0.100. The summed E-state index contributed by atoms with van der Waals surface area (Å²) >= 11 is 0. The molecule has 0 bridgehead atoms. The molecule has 17 heavy (non-hydrogen) atoms. The zero-order valence-corrected chi connectivity index (χ0v) is 10.2. The first-order valence-electron chi connectivity index (χ1n) is 5.63. The first kappa shape index (κ1) is 13.2. The fourth-order valence-electron chi connectivity index (χ4n) is 1.57. The maximum Gasteiger partial charge on any atom is 0.243 e. The molecule has 0 saturated heterocycles. The highest BCUT2D eigenvalue weighted by Crippen LogP contribution is 2.14. The van der Waals surface area contributed by atoms with Gasteiger partial charge in [0.25, 0.3) is 0 Å². The van der Waals surface area contributed by atoms with Crippen LogP contribution in [0.2, 0.25) is 0 Å². The molecule has 0 aliphatic heterocycles. The van der Waals surface area contributed by atoms with Crippen LogP contribution < -0.4 is 10.6 Å². The largest absolute Gasteiger partial charge is 0.320 e. The Morgan fingerprint density at radius 3 is 2.53 bits per heavy atom. The topological polar surface area (TPSA) is 70.1 Å². The minimum Gasteiger partial charge on any atom is -0.320 e. The fraction of sp³-hybridized carbons (Fsp3) is 0.385. The van der Waals surface area contributed by atoms with Crippen molar-refractivity contribution in [1.29, 1.82) is 5.26 Å². The van der Waals surface area contributed by atoms with Gasteiger partial charge in [0.05, 0.1) is 17.7 Å². The summed E-state index contributed by atoms with van der Waals surface area (Å²) in [5.41, 5.74) is 7.11. The number of nitrogens with two attached hydrogens (primary N) is 1. The average molecular weight is 231 g/mol. The van der Waals surface area contributed by atoms with Crippen molar-refractivity contribution in [3.05, 3.63) is 29.8 Å². The van der Waals surface area contributed by atoms with Gasteiger partial charge in [-0.2, -0.15) is 5.26 Å². The van der Waals surface area contributed by atoms with Gasteiger partial charge in [-0.05, 0) is 30.7 Å². The molecule has 1 aromatic rings. The van der Waals surface area contributed by atoms with Crippen molar-refractivity contribution in [3.63, 3.8) is 0 Å². The molecule has 0 aliphatic rings. The third-order valence-electron chi connectivity index (χ3n) is 2.63. The standard InChI is InChI=1S/C13H17N3O/c1-3-4-12(15)13(17)16(2)11-7-5-10(9-14)6-8-11/h5-8,12H,3-4,15H2,1-2H3. The molecule has 1 aromatic carbocycles. The summed E-state index contributed by atoms with van der Waals surface area (Å²) in [6.45, 7) is 1.99. The Kier molecular flexibility index (Phi) is 4.68. The number of hydrogen-bond donors (Lipinski definition) is 1. The van der Waals surface area contributed by atoms with E-state index in [1.165, 1.54) is 4.90 Å². The maximum absolute atomic E-state index is 11.9. The van der Waals surface area contributed by atoms with Crippen LogP contribution in [-0.4, -0.2) is 19.0 Å². The van der Waals surface area contributed by atoms with Gasteiger partial charge in [0.1, 0.15) is 0 Å². The quantitative estimate of drug-likeness (QED) is 0.856. The Bertz CT molecular complexity index is 419. The number of amides is 1. The fourth-order valence-corrected chi connectivity index (χ4v) is 1.57. The summed E-state index contributed by atoms with van der Waals surface area (Å²) in [5, 5.41) is 8.68. The second kappa shape index (κ2) is 6.02. The lowest BCUT2D eigenvalue weighted by atomic mass is 10.1. The third-order valence-corrected chi connectivity index (χ3v) is 2.63. The summed E-state index contributed by atoms with van der Waals surface area (Å²) in [6, 6.07) is 8.44. The van der Waals surface area contributed by atoms with Gasteiger partial charge in [0, 0.05) is 12.7 Å². The molecule has 4 heteroatoms. The van der Waals surface area contributed by atoms with Crippen molar-refractivity contribution in [2.75, 3.05) is 11.9 Å². The monoisotopic (exact) mass is 231 g/mol. The molecule has 1 amide bonds. The molecule has 4 nitrogen and oxygen atoms in total. The third kappa shape index (κ3) is 3.30. The highest BCUT2D eigenvalue weighted by molar-refractivity contribution is 5.96. The van der Waals surface area contributed by atoms with E-state index < -0.39 is 6.04 Å². The molecule has 0 radical (unpaired) electrons. The average Bonchev–Trinajstić information content (AvgIpc) is 2.37. The smallest absolute Gasteiger partial charge is 0.243 e. The highest BCUT2D eigenvalue weighted by atomic mass is 16.2. The normalized spacial score (nSPS) is 11.6. The van der Waals surface area contributed by atoms with E-state index in [2.05, 4.69) is 0 Å². The van der Waals surface area contributed by atoms with Crippen LogP contribution >= 0.6 is 0 Å². The van der Waals surface area contributed by atoms with E-state index in [4.69, 9.17) is 11.0 Å². The van der Waals surface area contributed by atoms with Gasteiger partial charge in [0.2, 0.25) is 5.91 Å². The number of nitriles is 1. The Hall–Kier alpha value is -1.86. The van der Waals surface area contributed by atoms with Gasteiger partial charge in [-0.3, -0.25) is 4.79 Å². The molecule has 0 aromatic heterocycles. The van der Waals surface area contributed by atoms with E-state index in [-0.39, 0.29) is 5.91 Å². The van der Waals surface area contributed by atoms with E-state index in [9.17, 15) is 4.79 Å². The van der Waals surface area contributed by atoms with Crippen LogP contribution in [-0.2, 0) is 4.79 Å². The molecule has 90 valence electrons. The molecule has 0 aliphatic carbocycles.